The summed E-state index contributed by atoms with van der Waals surface area (Å²) in [4.78, 5) is 6.35. The summed E-state index contributed by atoms with van der Waals surface area (Å²) in [6.07, 6.45) is 7.75. The monoisotopic (exact) mass is 189 g/mol. The van der Waals surface area contributed by atoms with Crippen molar-refractivity contribution >= 4 is 11.9 Å². The molecule has 0 N–H and O–H groups in total. The predicted molar refractivity (Wildman–Crippen MR) is 58.2 cm³/mol. The van der Waals surface area contributed by atoms with Gasteiger partial charge in [0.25, 0.3) is 0 Å². The second-order valence-electron chi connectivity index (χ2n) is 4.43. The summed E-state index contributed by atoms with van der Waals surface area (Å²) in [7, 11) is 0. The van der Waals surface area contributed by atoms with Gasteiger partial charge in [-0.3, -0.25) is 4.57 Å². The van der Waals surface area contributed by atoms with Crippen LogP contribution in [0.25, 0.3) is 11.9 Å². The van der Waals surface area contributed by atoms with Crippen LogP contribution >= 0.6 is 0 Å². The number of nitrogens with zero attached hydrogens (tertiary/aromatic N) is 3. The molecule has 3 heteroatoms. The molecule has 0 radical (unpaired) electrons. The van der Waals surface area contributed by atoms with Crippen molar-refractivity contribution in [1.82, 2.24) is 14.5 Å². The Morgan fingerprint density at radius 3 is 2.71 bits per heavy atom. The Labute approximate surface area is 84.4 Å². The van der Waals surface area contributed by atoms with E-state index in [9.17, 15) is 0 Å². The zero-order chi connectivity index (χ0) is 10.3. The van der Waals surface area contributed by atoms with Crippen molar-refractivity contribution < 1.29 is 0 Å². The molecule has 0 spiro atoms. The Bertz CT molecular complexity index is 393. The van der Waals surface area contributed by atoms with E-state index < -0.39 is 0 Å². The highest BCUT2D eigenvalue weighted by molar-refractivity contribution is 5.57. The fraction of sp³-hybridized carbons (Fsp3) is 0.364. The molecule has 1 aliphatic rings. The van der Waals surface area contributed by atoms with E-state index in [4.69, 9.17) is 0 Å². The molecule has 0 unspecified atom stereocenters. The van der Waals surface area contributed by atoms with Crippen LogP contribution in [0.2, 0.25) is 0 Å². The molecule has 3 nitrogen and oxygen atoms in total. The first kappa shape index (κ1) is 9.06. The highest BCUT2D eigenvalue weighted by Gasteiger charge is 2.24. The lowest BCUT2D eigenvalue weighted by Gasteiger charge is -2.38. The van der Waals surface area contributed by atoms with Crippen molar-refractivity contribution in [2.45, 2.75) is 26.3 Å². The third kappa shape index (κ3) is 1.25. The minimum absolute atomic E-state index is 0.0511. The van der Waals surface area contributed by atoms with Crippen molar-refractivity contribution in [1.29, 1.82) is 0 Å². The summed E-state index contributed by atoms with van der Waals surface area (Å²) in [5, 5.41) is 0. The Kier molecular flexibility index (Phi) is 1.77. The number of aromatic nitrogens is 2. The molecular weight excluding hydrogens is 174 g/mol. The molecule has 1 aromatic rings. The van der Waals surface area contributed by atoms with E-state index in [1.807, 2.05) is 23.0 Å². The van der Waals surface area contributed by atoms with Crippen molar-refractivity contribution in [3.63, 3.8) is 0 Å². The number of fused-ring (bicyclic) bond motifs is 1. The van der Waals surface area contributed by atoms with Gasteiger partial charge in [-0.2, -0.15) is 0 Å². The van der Waals surface area contributed by atoms with Crippen LogP contribution in [-0.2, 0) is 0 Å². The molecule has 1 aliphatic heterocycles. The van der Waals surface area contributed by atoms with Crippen LogP contribution in [0.3, 0.4) is 0 Å². The Balaban J connectivity index is 2.43. The van der Waals surface area contributed by atoms with E-state index in [0.29, 0.717) is 0 Å². The summed E-state index contributed by atoms with van der Waals surface area (Å²) in [5.74, 6) is 1.89. The number of rotatable bonds is 0. The van der Waals surface area contributed by atoms with Crippen LogP contribution < -0.4 is 0 Å². The van der Waals surface area contributed by atoms with E-state index in [1.165, 1.54) is 0 Å². The van der Waals surface area contributed by atoms with Crippen LogP contribution in [0.1, 0.15) is 26.6 Å². The van der Waals surface area contributed by atoms with Crippen LogP contribution in [0.15, 0.2) is 25.2 Å². The van der Waals surface area contributed by atoms with Crippen molar-refractivity contribution in [3.05, 3.63) is 31.0 Å². The molecule has 14 heavy (non-hydrogen) atoms. The summed E-state index contributed by atoms with van der Waals surface area (Å²) >= 11 is 0. The second kappa shape index (κ2) is 2.74. The SMILES string of the molecule is C=C1N(C(C)(C)C)C=Cc2nccn21. The van der Waals surface area contributed by atoms with Gasteiger partial charge in [-0.1, -0.05) is 6.58 Å². The van der Waals surface area contributed by atoms with Gasteiger partial charge in [-0.15, -0.1) is 0 Å². The minimum atomic E-state index is 0.0511. The largest absolute Gasteiger partial charge is 0.329 e. The van der Waals surface area contributed by atoms with Gasteiger partial charge in [0.15, 0.2) is 0 Å². The first-order valence-electron chi connectivity index (χ1n) is 4.70. The Morgan fingerprint density at radius 2 is 2.07 bits per heavy atom. The predicted octanol–water partition coefficient (Wildman–Crippen LogP) is 2.40. The lowest BCUT2D eigenvalue weighted by Crippen LogP contribution is -2.38. The molecule has 0 aliphatic carbocycles. The molecular formula is C11H15N3. The molecule has 2 rings (SSSR count). The fourth-order valence-electron chi connectivity index (χ4n) is 1.61. The summed E-state index contributed by atoms with van der Waals surface area (Å²) in [5.41, 5.74) is 0.0511. The molecule has 0 fully saturated rings. The van der Waals surface area contributed by atoms with Crippen LogP contribution in [-0.4, -0.2) is 20.0 Å². The third-order valence-corrected chi connectivity index (χ3v) is 2.32. The van der Waals surface area contributed by atoms with Crippen LogP contribution in [0, 0.1) is 0 Å². The molecule has 74 valence electrons. The molecule has 0 aromatic carbocycles. The molecule has 1 aromatic heterocycles. The van der Waals surface area contributed by atoms with Crippen LogP contribution in [0.4, 0.5) is 0 Å². The van der Waals surface area contributed by atoms with E-state index >= 15 is 0 Å². The molecule has 0 atom stereocenters. The topological polar surface area (TPSA) is 21.1 Å². The first-order valence-corrected chi connectivity index (χ1v) is 4.70. The smallest absolute Gasteiger partial charge is 0.139 e. The highest BCUT2D eigenvalue weighted by Crippen LogP contribution is 2.27. The molecule has 0 amide bonds. The van der Waals surface area contributed by atoms with Crippen molar-refractivity contribution in [2.24, 2.45) is 0 Å². The van der Waals surface area contributed by atoms with Gasteiger partial charge < -0.3 is 4.90 Å². The number of hydrogen-bond acceptors (Lipinski definition) is 2. The van der Waals surface area contributed by atoms with Gasteiger partial charge in [0, 0.05) is 24.1 Å². The standard InChI is InChI=1S/C11H15N3/c1-9-13-8-6-12-10(13)5-7-14(9)11(2,3)4/h5-8H,1H2,2-4H3. The van der Waals surface area contributed by atoms with Gasteiger partial charge in [0.05, 0.1) is 0 Å². The van der Waals surface area contributed by atoms with Crippen molar-refractivity contribution in [3.8, 4) is 0 Å². The highest BCUT2D eigenvalue weighted by atomic mass is 15.3. The van der Waals surface area contributed by atoms with E-state index in [0.717, 1.165) is 11.6 Å². The fourth-order valence-corrected chi connectivity index (χ4v) is 1.61. The quantitative estimate of drug-likeness (QED) is 0.625. The van der Waals surface area contributed by atoms with E-state index in [-0.39, 0.29) is 5.54 Å². The zero-order valence-electron chi connectivity index (χ0n) is 8.86. The molecule has 0 saturated heterocycles. The maximum Gasteiger partial charge on any atom is 0.139 e. The maximum absolute atomic E-state index is 4.21. The summed E-state index contributed by atoms with van der Waals surface area (Å²) in [6.45, 7) is 10.5. The first-order chi connectivity index (χ1) is 6.50. The van der Waals surface area contributed by atoms with Crippen LogP contribution in [0.5, 0.6) is 0 Å². The lowest BCUT2D eigenvalue weighted by molar-refractivity contribution is 0.284. The summed E-state index contributed by atoms with van der Waals surface area (Å²) in [6, 6.07) is 0. The van der Waals surface area contributed by atoms with Gasteiger partial charge in [-0.25, -0.2) is 4.98 Å². The normalized spacial score (nSPS) is 15.9. The average molecular weight is 189 g/mol. The minimum Gasteiger partial charge on any atom is -0.329 e. The average Bonchev–Trinajstić information content (AvgIpc) is 2.50. The van der Waals surface area contributed by atoms with Gasteiger partial charge >= 0.3 is 0 Å². The molecule has 2 heterocycles. The van der Waals surface area contributed by atoms with Gasteiger partial charge in [-0.05, 0) is 26.8 Å². The van der Waals surface area contributed by atoms with Crippen molar-refractivity contribution in [2.75, 3.05) is 0 Å². The summed E-state index contributed by atoms with van der Waals surface area (Å²) < 4.78 is 1.99. The van der Waals surface area contributed by atoms with Gasteiger partial charge in [0.1, 0.15) is 11.6 Å². The third-order valence-electron chi connectivity index (χ3n) is 2.32. The zero-order valence-corrected chi connectivity index (χ0v) is 8.86. The van der Waals surface area contributed by atoms with Gasteiger partial charge in [0.2, 0.25) is 0 Å². The number of imidazole rings is 1. The van der Waals surface area contributed by atoms with E-state index in [2.05, 4.69) is 37.2 Å². The Hall–Kier alpha value is -1.51. The van der Waals surface area contributed by atoms with E-state index in [1.54, 1.807) is 6.20 Å². The molecule has 0 bridgehead atoms. The Morgan fingerprint density at radius 1 is 1.36 bits per heavy atom. The lowest BCUT2D eigenvalue weighted by atomic mass is 10.1. The second-order valence-corrected chi connectivity index (χ2v) is 4.43. The number of hydrogen-bond donors (Lipinski definition) is 0. The maximum atomic E-state index is 4.21. The molecule has 0 saturated carbocycles.